The van der Waals surface area contributed by atoms with Gasteiger partial charge < -0.3 is 24.1 Å². The summed E-state index contributed by atoms with van der Waals surface area (Å²) in [5, 5.41) is 9.92. The molecule has 0 heterocycles. The van der Waals surface area contributed by atoms with E-state index < -0.39 is 12.2 Å². The van der Waals surface area contributed by atoms with Crippen LogP contribution in [0.2, 0.25) is 0 Å². The molecular weight excluding hydrogens is 200 g/mol. The lowest BCUT2D eigenvalue weighted by molar-refractivity contribution is -0.144. The van der Waals surface area contributed by atoms with Crippen LogP contribution in [-0.2, 0) is 18.9 Å². The summed E-state index contributed by atoms with van der Waals surface area (Å²) >= 11 is 0. The van der Waals surface area contributed by atoms with Crippen molar-refractivity contribution in [3.8, 4) is 0 Å². The Balaban J connectivity index is 4.41. The highest BCUT2D eigenvalue weighted by Crippen LogP contribution is 2.13. The van der Waals surface area contributed by atoms with Gasteiger partial charge in [-0.2, -0.15) is 0 Å². The normalized spacial score (nSPS) is 19.6. The van der Waals surface area contributed by atoms with E-state index >= 15 is 0 Å². The van der Waals surface area contributed by atoms with Gasteiger partial charge in [0.25, 0.3) is 0 Å². The lowest BCUT2D eigenvalue weighted by atomic mass is 10.0. The van der Waals surface area contributed by atoms with Crippen LogP contribution in [0.4, 0.5) is 0 Å². The van der Waals surface area contributed by atoms with Crippen LogP contribution in [0.3, 0.4) is 0 Å². The first kappa shape index (κ1) is 14.8. The van der Waals surface area contributed by atoms with Gasteiger partial charge in [-0.25, -0.2) is 0 Å². The lowest BCUT2D eigenvalue weighted by Crippen LogP contribution is -2.47. The Kier molecular flexibility index (Phi) is 7.90. The predicted octanol–water partition coefficient (Wildman–Crippen LogP) is 0.0586. The molecule has 0 aromatic rings. The Morgan fingerprint density at radius 2 is 1.60 bits per heavy atom. The molecule has 0 rings (SSSR count). The molecule has 0 fully saturated rings. The van der Waals surface area contributed by atoms with Crippen LogP contribution >= 0.6 is 0 Å². The maximum absolute atomic E-state index is 9.92. The molecule has 92 valence electrons. The minimum absolute atomic E-state index is 0.312. The van der Waals surface area contributed by atoms with E-state index in [9.17, 15) is 5.11 Å². The van der Waals surface area contributed by atoms with Crippen LogP contribution < -0.4 is 0 Å². The molecule has 0 aliphatic rings. The quantitative estimate of drug-likeness (QED) is 0.629. The minimum atomic E-state index is -0.750. The first-order valence-corrected chi connectivity index (χ1v) is 4.87. The monoisotopic (exact) mass is 222 g/mol. The number of aliphatic hydroxyl groups excluding tert-OH is 1. The molecule has 5 heteroatoms. The lowest BCUT2D eigenvalue weighted by Gasteiger charge is -2.31. The third kappa shape index (κ3) is 4.44. The van der Waals surface area contributed by atoms with Crippen LogP contribution in [-0.4, -0.2) is 64.6 Å². The standard InChI is InChI=1S/C10H22O5/c1-7(13-3)9(11)10(15-5)8(14-4)6-12-2/h7-11H,6H2,1-5H3. The molecule has 0 radical (unpaired) electrons. The molecule has 0 aromatic carbocycles. The van der Waals surface area contributed by atoms with Crippen molar-refractivity contribution in [1.82, 2.24) is 0 Å². The van der Waals surface area contributed by atoms with Gasteiger partial charge in [-0.1, -0.05) is 0 Å². The number of aliphatic hydroxyl groups is 1. The zero-order valence-electron chi connectivity index (χ0n) is 10.1. The molecule has 0 amide bonds. The highest BCUT2D eigenvalue weighted by Gasteiger charge is 2.32. The highest BCUT2D eigenvalue weighted by molar-refractivity contribution is 4.81. The fraction of sp³-hybridized carbons (Fsp3) is 1.00. The summed E-state index contributed by atoms with van der Waals surface area (Å²) in [6, 6.07) is 0. The Labute approximate surface area is 91.3 Å². The second-order valence-corrected chi connectivity index (χ2v) is 3.36. The molecule has 5 nitrogen and oxygen atoms in total. The van der Waals surface area contributed by atoms with Gasteiger partial charge >= 0.3 is 0 Å². The van der Waals surface area contributed by atoms with Gasteiger partial charge in [0.1, 0.15) is 18.3 Å². The van der Waals surface area contributed by atoms with Crippen molar-refractivity contribution in [3.63, 3.8) is 0 Å². The molecule has 0 spiro atoms. The molecule has 4 unspecified atom stereocenters. The van der Waals surface area contributed by atoms with E-state index in [1.54, 1.807) is 28.3 Å². The van der Waals surface area contributed by atoms with E-state index in [-0.39, 0.29) is 12.2 Å². The van der Waals surface area contributed by atoms with E-state index in [0.717, 1.165) is 0 Å². The van der Waals surface area contributed by atoms with E-state index in [1.165, 1.54) is 7.11 Å². The van der Waals surface area contributed by atoms with Crippen LogP contribution in [0.25, 0.3) is 0 Å². The topological polar surface area (TPSA) is 57.2 Å². The van der Waals surface area contributed by atoms with E-state index in [2.05, 4.69) is 0 Å². The first-order chi connectivity index (χ1) is 7.12. The second-order valence-electron chi connectivity index (χ2n) is 3.36. The zero-order valence-corrected chi connectivity index (χ0v) is 10.1. The molecule has 1 N–H and O–H groups in total. The average molecular weight is 222 g/mol. The molecule has 0 bridgehead atoms. The minimum Gasteiger partial charge on any atom is -0.388 e. The summed E-state index contributed by atoms with van der Waals surface area (Å²) < 4.78 is 20.4. The predicted molar refractivity (Wildman–Crippen MR) is 55.9 cm³/mol. The van der Waals surface area contributed by atoms with Gasteiger partial charge in [0.2, 0.25) is 0 Å². The molecule has 0 aromatic heterocycles. The third-order valence-corrected chi connectivity index (χ3v) is 2.46. The Hall–Kier alpha value is -0.200. The van der Waals surface area contributed by atoms with Crippen molar-refractivity contribution in [1.29, 1.82) is 0 Å². The Morgan fingerprint density at radius 1 is 1.00 bits per heavy atom. The summed E-state index contributed by atoms with van der Waals surface area (Å²) in [6.07, 6.45) is -1.85. The molecule has 15 heavy (non-hydrogen) atoms. The molecule has 0 saturated carbocycles. The van der Waals surface area contributed by atoms with E-state index in [4.69, 9.17) is 18.9 Å². The zero-order chi connectivity index (χ0) is 11.8. The number of methoxy groups -OCH3 is 4. The first-order valence-electron chi connectivity index (χ1n) is 4.87. The molecule has 4 atom stereocenters. The van der Waals surface area contributed by atoms with Crippen molar-refractivity contribution < 1.29 is 24.1 Å². The smallest absolute Gasteiger partial charge is 0.114 e. The maximum Gasteiger partial charge on any atom is 0.114 e. The SMILES string of the molecule is COCC(OC)C(OC)C(O)C(C)OC. The number of hydrogen-bond acceptors (Lipinski definition) is 5. The van der Waals surface area contributed by atoms with Gasteiger partial charge in [-0.15, -0.1) is 0 Å². The summed E-state index contributed by atoms with van der Waals surface area (Å²) in [4.78, 5) is 0. The Bertz CT molecular complexity index is 151. The largest absolute Gasteiger partial charge is 0.388 e. The fourth-order valence-electron chi connectivity index (χ4n) is 1.38. The fourth-order valence-corrected chi connectivity index (χ4v) is 1.38. The third-order valence-electron chi connectivity index (χ3n) is 2.46. The second kappa shape index (κ2) is 8.01. The number of ether oxygens (including phenoxy) is 4. The number of hydrogen-bond donors (Lipinski definition) is 1. The van der Waals surface area contributed by atoms with Gasteiger partial charge in [-0.05, 0) is 6.92 Å². The van der Waals surface area contributed by atoms with Gasteiger partial charge in [0, 0.05) is 28.4 Å². The maximum atomic E-state index is 9.92. The Morgan fingerprint density at radius 3 is 1.93 bits per heavy atom. The van der Waals surface area contributed by atoms with Gasteiger partial charge in [-0.3, -0.25) is 0 Å². The van der Waals surface area contributed by atoms with Crippen molar-refractivity contribution in [3.05, 3.63) is 0 Å². The van der Waals surface area contributed by atoms with Crippen molar-refractivity contribution >= 4 is 0 Å². The highest BCUT2D eigenvalue weighted by atomic mass is 16.6. The van der Waals surface area contributed by atoms with Crippen LogP contribution in [0.5, 0.6) is 0 Å². The molecule has 0 aliphatic carbocycles. The number of rotatable bonds is 8. The summed E-state index contributed by atoms with van der Waals surface area (Å²) in [7, 11) is 6.20. The van der Waals surface area contributed by atoms with E-state index in [0.29, 0.717) is 6.61 Å². The summed E-state index contributed by atoms with van der Waals surface area (Å²) in [5.41, 5.74) is 0. The molecule has 0 aliphatic heterocycles. The molecule has 0 saturated heterocycles. The summed E-state index contributed by atoms with van der Waals surface area (Å²) in [5.74, 6) is 0. The van der Waals surface area contributed by atoms with Crippen molar-refractivity contribution in [2.75, 3.05) is 35.0 Å². The average Bonchev–Trinajstić information content (AvgIpc) is 2.27. The van der Waals surface area contributed by atoms with Crippen molar-refractivity contribution in [2.24, 2.45) is 0 Å². The van der Waals surface area contributed by atoms with Crippen molar-refractivity contribution in [2.45, 2.75) is 31.3 Å². The van der Waals surface area contributed by atoms with Gasteiger partial charge in [0.15, 0.2) is 0 Å². The van der Waals surface area contributed by atoms with Crippen LogP contribution in [0.15, 0.2) is 0 Å². The van der Waals surface area contributed by atoms with E-state index in [1.807, 2.05) is 0 Å². The van der Waals surface area contributed by atoms with Crippen LogP contribution in [0, 0.1) is 0 Å². The van der Waals surface area contributed by atoms with Gasteiger partial charge in [0.05, 0.1) is 12.7 Å². The summed E-state index contributed by atoms with van der Waals surface area (Å²) in [6.45, 7) is 2.14. The van der Waals surface area contributed by atoms with Crippen LogP contribution in [0.1, 0.15) is 6.92 Å². The molecular formula is C10H22O5.